The van der Waals surface area contributed by atoms with Crippen molar-refractivity contribution in [3.63, 3.8) is 0 Å². The molecule has 1 saturated heterocycles. The van der Waals surface area contributed by atoms with Crippen LogP contribution in [0.15, 0.2) is 30.3 Å². The molecule has 1 fully saturated rings. The maximum Gasteiger partial charge on any atom is 0.179 e. The predicted octanol–water partition coefficient (Wildman–Crippen LogP) is 5.16. The van der Waals surface area contributed by atoms with Gasteiger partial charge < -0.3 is 19.5 Å². The van der Waals surface area contributed by atoms with E-state index < -0.39 is 0 Å². The van der Waals surface area contributed by atoms with Crippen molar-refractivity contribution in [1.82, 2.24) is 0 Å². The molecule has 0 saturated carbocycles. The van der Waals surface area contributed by atoms with Crippen LogP contribution >= 0.6 is 11.6 Å². The van der Waals surface area contributed by atoms with Gasteiger partial charge in [-0.25, -0.2) is 0 Å². The molecule has 138 valence electrons. The lowest BCUT2D eigenvalue weighted by molar-refractivity contribution is 0.0828. The Hall–Kier alpha value is -1.91. The monoisotopic (exact) mass is 373 g/mol. The summed E-state index contributed by atoms with van der Waals surface area (Å²) >= 11 is 6.45. The molecule has 2 heterocycles. The Labute approximate surface area is 159 Å². The summed E-state index contributed by atoms with van der Waals surface area (Å²) < 4.78 is 17.0. The number of hydrogen-bond acceptors (Lipinski definition) is 4. The number of hydrogen-bond donors (Lipinski definition) is 1. The fourth-order valence-corrected chi connectivity index (χ4v) is 4.49. The van der Waals surface area contributed by atoms with Crippen LogP contribution in [0.2, 0.25) is 5.02 Å². The highest BCUT2D eigenvalue weighted by Gasteiger charge is 2.41. The van der Waals surface area contributed by atoms with E-state index in [1.54, 1.807) is 14.2 Å². The van der Waals surface area contributed by atoms with Gasteiger partial charge in [0.05, 0.1) is 31.4 Å². The fraction of sp³-hybridized carbons (Fsp3) is 0.429. The second-order valence-electron chi connectivity index (χ2n) is 6.88. The van der Waals surface area contributed by atoms with Gasteiger partial charge in [-0.1, -0.05) is 30.7 Å². The molecular formula is C21H24ClNO3. The van der Waals surface area contributed by atoms with Crippen LogP contribution in [-0.4, -0.2) is 20.8 Å². The lowest BCUT2D eigenvalue weighted by Gasteiger charge is -2.37. The van der Waals surface area contributed by atoms with E-state index in [0.29, 0.717) is 22.4 Å². The molecule has 2 aliphatic rings. The fourth-order valence-electron chi connectivity index (χ4n) is 4.19. The molecule has 0 spiro atoms. The van der Waals surface area contributed by atoms with Gasteiger partial charge in [0.15, 0.2) is 11.5 Å². The molecule has 26 heavy (non-hydrogen) atoms. The Morgan fingerprint density at radius 3 is 2.77 bits per heavy atom. The van der Waals surface area contributed by atoms with Gasteiger partial charge in [0.1, 0.15) is 0 Å². The summed E-state index contributed by atoms with van der Waals surface area (Å²) in [6.07, 6.45) is 2.17. The van der Waals surface area contributed by atoms with Crippen molar-refractivity contribution >= 4 is 17.3 Å². The highest BCUT2D eigenvalue weighted by molar-refractivity contribution is 6.32. The van der Waals surface area contributed by atoms with Crippen molar-refractivity contribution in [2.45, 2.75) is 31.9 Å². The van der Waals surface area contributed by atoms with Crippen LogP contribution in [0, 0.1) is 5.92 Å². The number of anilines is 1. The van der Waals surface area contributed by atoms with Crippen LogP contribution in [0.4, 0.5) is 5.69 Å². The summed E-state index contributed by atoms with van der Waals surface area (Å²) in [5, 5.41) is 4.28. The van der Waals surface area contributed by atoms with Gasteiger partial charge in [-0.3, -0.25) is 0 Å². The van der Waals surface area contributed by atoms with Crippen LogP contribution in [0.5, 0.6) is 11.5 Å². The molecule has 4 nitrogen and oxygen atoms in total. The van der Waals surface area contributed by atoms with Gasteiger partial charge in [-0.15, -0.1) is 0 Å². The second kappa shape index (κ2) is 7.01. The average molecular weight is 374 g/mol. The first-order valence-electron chi connectivity index (χ1n) is 9.08. The summed E-state index contributed by atoms with van der Waals surface area (Å²) in [4.78, 5) is 0. The van der Waals surface area contributed by atoms with Crippen LogP contribution in [0.3, 0.4) is 0 Å². The van der Waals surface area contributed by atoms with Crippen molar-refractivity contribution in [2.75, 3.05) is 26.1 Å². The van der Waals surface area contributed by atoms with E-state index in [-0.39, 0.29) is 12.1 Å². The Balaban J connectivity index is 1.77. The number of fused-ring (bicyclic) bond motifs is 3. The van der Waals surface area contributed by atoms with Crippen molar-refractivity contribution in [1.29, 1.82) is 0 Å². The molecule has 0 radical (unpaired) electrons. The maximum atomic E-state index is 6.45. The molecule has 1 N–H and O–H groups in total. The zero-order valence-corrected chi connectivity index (χ0v) is 16.1. The van der Waals surface area contributed by atoms with Crippen molar-refractivity contribution < 1.29 is 14.2 Å². The van der Waals surface area contributed by atoms with E-state index in [9.17, 15) is 0 Å². The molecule has 0 aromatic heterocycles. The van der Waals surface area contributed by atoms with Gasteiger partial charge in [0, 0.05) is 23.8 Å². The summed E-state index contributed by atoms with van der Waals surface area (Å²) in [6, 6.07) is 10.7. The molecule has 0 aliphatic carbocycles. The van der Waals surface area contributed by atoms with Gasteiger partial charge in [-0.05, 0) is 42.2 Å². The first-order valence-corrected chi connectivity index (χ1v) is 9.46. The normalized spacial score (nSPS) is 23.8. The minimum absolute atomic E-state index is 0.120. The number of ether oxygens (including phenoxy) is 3. The van der Waals surface area contributed by atoms with E-state index in [4.69, 9.17) is 25.8 Å². The second-order valence-corrected chi connectivity index (χ2v) is 7.29. The van der Waals surface area contributed by atoms with Crippen LogP contribution < -0.4 is 14.8 Å². The minimum atomic E-state index is 0.120. The Morgan fingerprint density at radius 2 is 2.04 bits per heavy atom. The summed E-state index contributed by atoms with van der Waals surface area (Å²) in [5.74, 6) is 1.59. The van der Waals surface area contributed by atoms with Crippen LogP contribution in [-0.2, 0) is 11.2 Å². The SMILES string of the molecule is CCc1ccc2c(c1)C1OCCC1C(c1cc(Cl)c(OC)c(OC)c1)N2. The lowest BCUT2D eigenvalue weighted by Crippen LogP contribution is -2.29. The first-order chi connectivity index (χ1) is 12.7. The van der Waals surface area contributed by atoms with Crippen molar-refractivity contribution in [3.05, 3.63) is 52.0 Å². The number of halogens is 1. The van der Waals surface area contributed by atoms with E-state index in [0.717, 1.165) is 30.7 Å². The molecule has 3 atom stereocenters. The summed E-state index contributed by atoms with van der Waals surface area (Å²) in [7, 11) is 3.24. The smallest absolute Gasteiger partial charge is 0.179 e. The van der Waals surface area contributed by atoms with Gasteiger partial charge in [0.2, 0.25) is 0 Å². The van der Waals surface area contributed by atoms with E-state index in [2.05, 4.69) is 30.4 Å². The van der Waals surface area contributed by atoms with E-state index >= 15 is 0 Å². The average Bonchev–Trinajstić information content (AvgIpc) is 3.16. The quantitative estimate of drug-likeness (QED) is 0.803. The zero-order chi connectivity index (χ0) is 18.3. The van der Waals surface area contributed by atoms with E-state index in [1.165, 1.54) is 11.1 Å². The summed E-state index contributed by atoms with van der Waals surface area (Å²) in [5.41, 5.74) is 4.85. The van der Waals surface area contributed by atoms with Crippen LogP contribution in [0.1, 0.15) is 42.2 Å². The highest BCUT2D eigenvalue weighted by Crippen LogP contribution is 2.51. The summed E-state index contributed by atoms with van der Waals surface area (Å²) in [6.45, 7) is 2.96. The molecule has 2 aliphatic heterocycles. The number of rotatable bonds is 4. The topological polar surface area (TPSA) is 39.7 Å². The Bertz CT molecular complexity index is 823. The van der Waals surface area contributed by atoms with Gasteiger partial charge in [0.25, 0.3) is 0 Å². The molecule has 4 rings (SSSR count). The van der Waals surface area contributed by atoms with Gasteiger partial charge >= 0.3 is 0 Å². The molecule has 2 aromatic carbocycles. The molecule has 0 amide bonds. The maximum absolute atomic E-state index is 6.45. The molecular weight excluding hydrogens is 350 g/mol. The molecule has 5 heteroatoms. The molecule has 0 bridgehead atoms. The highest BCUT2D eigenvalue weighted by atomic mass is 35.5. The van der Waals surface area contributed by atoms with Crippen molar-refractivity contribution in [2.24, 2.45) is 5.92 Å². The third-order valence-electron chi connectivity index (χ3n) is 5.52. The van der Waals surface area contributed by atoms with Gasteiger partial charge in [-0.2, -0.15) is 0 Å². The number of methoxy groups -OCH3 is 2. The largest absolute Gasteiger partial charge is 0.493 e. The minimum Gasteiger partial charge on any atom is -0.493 e. The Kier molecular flexibility index (Phi) is 4.72. The zero-order valence-electron chi connectivity index (χ0n) is 15.3. The molecule has 2 aromatic rings. The predicted molar refractivity (Wildman–Crippen MR) is 104 cm³/mol. The molecule has 3 unspecified atom stereocenters. The lowest BCUT2D eigenvalue weighted by atomic mass is 9.80. The number of benzene rings is 2. The number of aryl methyl sites for hydroxylation is 1. The third kappa shape index (κ3) is 2.81. The first kappa shape index (κ1) is 17.5. The van der Waals surface area contributed by atoms with Crippen LogP contribution in [0.25, 0.3) is 0 Å². The van der Waals surface area contributed by atoms with Crippen molar-refractivity contribution in [3.8, 4) is 11.5 Å². The number of nitrogens with one attached hydrogen (secondary N) is 1. The third-order valence-corrected chi connectivity index (χ3v) is 5.80. The Morgan fingerprint density at radius 1 is 1.19 bits per heavy atom. The standard InChI is InChI=1S/C21H24ClNO3/c1-4-12-5-6-17-15(9-12)20-14(7-8-26-20)19(23-17)13-10-16(22)21(25-3)18(11-13)24-2/h5-6,9-11,14,19-20,23H,4,7-8H2,1-3H3. The van der Waals surface area contributed by atoms with E-state index in [1.807, 2.05) is 12.1 Å².